The van der Waals surface area contributed by atoms with Gasteiger partial charge in [-0.05, 0) is 17.8 Å². The Morgan fingerprint density at radius 2 is 2.07 bits per heavy atom. The van der Waals surface area contributed by atoms with E-state index in [1.54, 1.807) is 12.3 Å². The second-order valence-corrected chi connectivity index (χ2v) is 3.90. The minimum absolute atomic E-state index is 0.251. The van der Waals surface area contributed by atoms with E-state index in [1.165, 1.54) is 24.4 Å². The van der Waals surface area contributed by atoms with E-state index in [1.807, 2.05) is 0 Å². The first-order valence-corrected chi connectivity index (χ1v) is 5.16. The molecule has 0 aromatic carbocycles. The zero-order valence-corrected chi connectivity index (χ0v) is 9.03. The quantitative estimate of drug-likeness (QED) is 0.803. The van der Waals surface area contributed by atoms with Crippen molar-refractivity contribution >= 4 is 29.1 Å². The summed E-state index contributed by atoms with van der Waals surface area (Å²) in [7, 11) is 0. The smallest absolute Gasteiger partial charge is 0.156 e. The number of hydrogen-bond donors (Lipinski definition) is 1. The van der Waals surface area contributed by atoms with Gasteiger partial charge in [0.1, 0.15) is 28.4 Å². The summed E-state index contributed by atoms with van der Waals surface area (Å²) in [5.74, 6) is 0. The molecule has 2 rings (SSSR count). The van der Waals surface area contributed by atoms with Gasteiger partial charge >= 0.3 is 0 Å². The van der Waals surface area contributed by atoms with E-state index in [9.17, 15) is 0 Å². The van der Waals surface area contributed by atoms with E-state index in [0.717, 1.165) is 5.03 Å². The highest BCUT2D eigenvalue weighted by Crippen LogP contribution is 2.30. The van der Waals surface area contributed by atoms with Crippen molar-refractivity contribution in [1.82, 2.24) is 19.9 Å². The van der Waals surface area contributed by atoms with Crippen LogP contribution in [0.5, 0.6) is 0 Å². The van der Waals surface area contributed by atoms with Crippen LogP contribution in [-0.4, -0.2) is 19.9 Å². The summed E-state index contributed by atoms with van der Waals surface area (Å²) < 4.78 is 0. The maximum Gasteiger partial charge on any atom is 0.156 e. The van der Waals surface area contributed by atoms with Crippen LogP contribution >= 0.6 is 23.4 Å². The number of halogens is 1. The molecule has 2 N–H and O–H groups in total. The summed E-state index contributed by atoms with van der Waals surface area (Å²) in [6.07, 6.45) is 4.47. The molecule has 0 radical (unpaired) electrons. The van der Waals surface area contributed by atoms with Gasteiger partial charge in [-0.3, -0.25) is 0 Å². The lowest BCUT2D eigenvalue weighted by Gasteiger charge is -2.03. The van der Waals surface area contributed by atoms with Gasteiger partial charge in [-0.25, -0.2) is 19.9 Å². The maximum absolute atomic E-state index is 5.76. The Balaban J connectivity index is 2.29. The molecular weight excluding hydrogens is 234 g/mol. The molecule has 0 aliphatic rings. The first kappa shape index (κ1) is 10.1. The van der Waals surface area contributed by atoms with Crippen LogP contribution in [0.2, 0.25) is 5.15 Å². The fourth-order valence-corrected chi connectivity index (χ4v) is 1.80. The summed E-state index contributed by atoms with van der Waals surface area (Å²) in [5, 5.41) is 1.60. The van der Waals surface area contributed by atoms with Crippen LogP contribution in [-0.2, 0) is 0 Å². The number of aromatic nitrogens is 4. The number of hydrogen-bond acceptors (Lipinski definition) is 6. The molecule has 0 fully saturated rings. The van der Waals surface area contributed by atoms with Gasteiger partial charge in [-0.15, -0.1) is 0 Å². The number of anilines is 1. The Morgan fingerprint density at radius 1 is 1.20 bits per heavy atom. The SMILES string of the molecule is Nc1c(Cl)ncnc1Sc1ccncn1. The van der Waals surface area contributed by atoms with E-state index in [4.69, 9.17) is 17.3 Å². The number of nitrogens with two attached hydrogens (primary N) is 1. The molecule has 15 heavy (non-hydrogen) atoms. The van der Waals surface area contributed by atoms with E-state index in [0.29, 0.717) is 10.7 Å². The highest BCUT2D eigenvalue weighted by Gasteiger charge is 2.07. The molecule has 0 aliphatic carbocycles. The third kappa shape index (κ3) is 2.34. The van der Waals surface area contributed by atoms with Crippen LogP contribution in [0.25, 0.3) is 0 Å². The van der Waals surface area contributed by atoms with Crippen LogP contribution in [0.3, 0.4) is 0 Å². The van der Waals surface area contributed by atoms with E-state index < -0.39 is 0 Å². The summed E-state index contributed by atoms with van der Waals surface area (Å²) in [5.41, 5.74) is 6.07. The summed E-state index contributed by atoms with van der Waals surface area (Å²) in [4.78, 5) is 15.6. The Morgan fingerprint density at radius 3 is 2.80 bits per heavy atom. The van der Waals surface area contributed by atoms with Crippen LogP contribution in [0.4, 0.5) is 5.69 Å². The Bertz CT molecular complexity index is 464. The van der Waals surface area contributed by atoms with Crippen molar-refractivity contribution in [3.63, 3.8) is 0 Å². The van der Waals surface area contributed by atoms with E-state index in [2.05, 4.69) is 19.9 Å². The number of nitrogens with zero attached hydrogens (tertiary/aromatic N) is 4. The molecule has 0 unspecified atom stereocenters. The highest BCUT2D eigenvalue weighted by atomic mass is 35.5. The minimum atomic E-state index is 0.251. The molecule has 5 nitrogen and oxygen atoms in total. The number of rotatable bonds is 2. The molecule has 0 amide bonds. The zero-order chi connectivity index (χ0) is 10.7. The molecule has 0 saturated carbocycles. The van der Waals surface area contributed by atoms with Crippen LogP contribution in [0, 0.1) is 0 Å². The fraction of sp³-hybridized carbons (Fsp3) is 0. The standard InChI is InChI=1S/C8H6ClN5S/c9-7-6(10)8(14-4-13-7)15-5-1-2-11-3-12-5/h1-4H,10H2. The van der Waals surface area contributed by atoms with Crippen LogP contribution < -0.4 is 5.73 Å². The van der Waals surface area contributed by atoms with Crippen molar-refractivity contribution in [3.05, 3.63) is 30.1 Å². The monoisotopic (exact) mass is 239 g/mol. The van der Waals surface area contributed by atoms with Gasteiger partial charge in [0.15, 0.2) is 5.15 Å². The Kier molecular flexibility index (Phi) is 2.98. The molecule has 0 aliphatic heterocycles. The fourth-order valence-electron chi connectivity index (χ4n) is 0.879. The predicted octanol–water partition coefficient (Wildman–Crippen LogP) is 1.65. The Labute approximate surface area is 95.1 Å². The molecule has 2 aromatic rings. The topological polar surface area (TPSA) is 77.6 Å². The van der Waals surface area contributed by atoms with Crippen molar-refractivity contribution in [2.24, 2.45) is 0 Å². The summed E-state index contributed by atoms with van der Waals surface area (Å²) in [6, 6.07) is 1.76. The molecule has 0 saturated heterocycles. The summed E-state index contributed by atoms with van der Waals surface area (Å²) in [6.45, 7) is 0. The average Bonchev–Trinajstić information content (AvgIpc) is 2.26. The molecule has 2 aromatic heterocycles. The van der Waals surface area contributed by atoms with Crippen molar-refractivity contribution in [2.45, 2.75) is 10.1 Å². The lowest BCUT2D eigenvalue weighted by molar-refractivity contribution is 1.02. The van der Waals surface area contributed by atoms with Crippen LogP contribution in [0.15, 0.2) is 35.0 Å². The van der Waals surface area contributed by atoms with Crippen LogP contribution in [0.1, 0.15) is 0 Å². The molecular formula is C8H6ClN5S. The second kappa shape index (κ2) is 4.41. The van der Waals surface area contributed by atoms with Gasteiger partial charge in [-0.1, -0.05) is 11.6 Å². The normalized spacial score (nSPS) is 10.2. The third-order valence-corrected chi connectivity index (χ3v) is 2.83. The third-order valence-electron chi connectivity index (χ3n) is 1.55. The molecule has 7 heteroatoms. The molecule has 0 spiro atoms. The lowest BCUT2D eigenvalue weighted by atomic mass is 10.6. The second-order valence-electron chi connectivity index (χ2n) is 2.53. The van der Waals surface area contributed by atoms with Gasteiger partial charge in [0, 0.05) is 6.20 Å². The summed E-state index contributed by atoms with van der Waals surface area (Å²) >= 11 is 7.07. The molecule has 0 atom stereocenters. The largest absolute Gasteiger partial charge is 0.394 e. The molecule has 0 bridgehead atoms. The van der Waals surface area contributed by atoms with Gasteiger partial charge in [0.2, 0.25) is 0 Å². The van der Waals surface area contributed by atoms with Gasteiger partial charge in [-0.2, -0.15) is 0 Å². The van der Waals surface area contributed by atoms with Crippen molar-refractivity contribution in [1.29, 1.82) is 0 Å². The first-order chi connectivity index (χ1) is 7.27. The van der Waals surface area contributed by atoms with Crippen molar-refractivity contribution < 1.29 is 0 Å². The average molecular weight is 240 g/mol. The minimum Gasteiger partial charge on any atom is -0.394 e. The van der Waals surface area contributed by atoms with Crippen molar-refractivity contribution in [2.75, 3.05) is 5.73 Å². The van der Waals surface area contributed by atoms with Gasteiger partial charge in [0.25, 0.3) is 0 Å². The van der Waals surface area contributed by atoms with Crippen molar-refractivity contribution in [3.8, 4) is 0 Å². The van der Waals surface area contributed by atoms with E-state index in [-0.39, 0.29) is 5.15 Å². The van der Waals surface area contributed by atoms with Gasteiger partial charge in [0.05, 0.1) is 0 Å². The Hall–Kier alpha value is -1.40. The lowest BCUT2D eigenvalue weighted by Crippen LogP contribution is -1.95. The predicted molar refractivity (Wildman–Crippen MR) is 57.6 cm³/mol. The first-order valence-electron chi connectivity index (χ1n) is 3.97. The van der Waals surface area contributed by atoms with E-state index >= 15 is 0 Å². The van der Waals surface area contributed by atoms with Gasteiger partial charge < -0.3 is 5.73 Å². The zero-order valence-electron chi connectivity index (χ0n) is 7.46. The molecule has 2 heterocycles. The highest BCUT2D eigenvalue weighted by molar-refractivity contribution is 7.99. The molecule has 76 valence electrons. The maximum atomic E-state index is 5.76. The number of nitrogen functional groups attached to an aromatic ring is 1.